The predicted octanol–water partition coefficient (Wildman–Crippen LogP) is 3.61. The quantitative estimate of drug-likeness (QED) is 0.911. The molecule has 2 nitrogen and oxygen atoms in total. The highest BCUT2D eigenvalue weighted by atomic mass is 32.1. The van der Waals surface area contributed by atoms with Gasteiger partial charge in [-0.05, 0) is 42.1 Å². The summed E-state index contributed by atoms with van der Waals surface area (Å²) in [5.74, 6) is -0.366. The van der Waals surface area contributed by atoms with Crippen LogP contribution in [0.2, 0.25) is 0 Å². The third-order valence-corrected chi connectivity index (χ3v) is 3.72. The molecule has 0 amide bonds. The Hall–Kier alpha value is -1.70. The summed E-state index contributed by atoms with van der Waals surface area (Å²) in [4.78, 5) is 1.24. The van der Waals surface area contributed by atoms with Gasteiger partial charge in [0, 0.05) is 17.5 Å². The number of benzene rings is 1. The van der Waals surface area contributed by atoms with Crippen LogP contribution in [0, 0.1) is 17.1 Å². The van der Waals surface area contributed by atoms with Crippen LogP contribution in [0.1, 0.15) is 29.0 Å². The molecule has 1 aromatic carbocycles. The Morgan fingerprint density at radius 3 is 2.94 bits per heavy atom. The molecule has 1 aromatic heterocycles. The van der Waals surface area contributed by atoms with Gasteiger partial charge in [0.2, 0.25) is 0 Å². The van der Waals surface area contributed by atoms with Gasteiger partial charge in [0.1, 0.15) is 5.82 Å². The Kier molecular flexibility index (Phi) is 4.08. The van der Waals surface area contributed by atoms with Crippen molar-refractivity contribution in [1.82, 2.24) is 5.32 Å². The molecular formula is C14H13FN2S. The third kappa shape index (κ3) is 3.16. The average Bonchev–Trinajstić information content (AvgIpc) is 2.89. The molecule has 0 aliphatic carbocycles. The Balaban J connectivity index is 2.02. The maximum atomic E-state index is 13.2. The maximum absolute atomic E-state index is 13.2. The number of hydrogen-bond donors (Lipinski definition) is 1. The van der Waals surface area contributed by atoms with Gasteiger partial charge in [-0.3, -0.25) is 0 Å². The van der Waals surface area contributed by atoms with Crippen molar-refractivity contribution in [2.24, 2.45) is 0 Å². The fourth-order valence-electron chi connectivity index (χ4n) is 1.73. The molecule has 0 bridgehead atoms. The highest BCUT2D eigenvalue weighted by Crippen LogP contribution is 2.19. The van der Waals surface area contributed by atoms with Gasteiger partial charge in [-0.1, -0.05) is 6.07 Å². The molecule has 2 aromatic rings. The Morgan fingerprint density at radius 1 is 1.44 bits per heavy atom. The van der Waals surface area contributed by atoms with E-state index in [4.69, 9.17) is 5.26 Å². The minimum atomic E-state index is -0.366. The molecule has 0 fully saturated rings. The van der Waals surface area contributed by atoms with Crippen LogP contribution in [0.4, 0.5) is 4.39 Å². The van der Waals surface area contributed by atoms with Gasteiger partial charge in [0.25, 0.3) is 0 Å². The van der Waals surface area contributed by atoms with E-state index >= 15 is 0 Å². The summed E-state index contributed by atoms with van der Waals surface area (Å²) in [6.45, 7) is 2.61. The first-order valence-corrected chi connectivity index (χ1v) is 6.53. The van der Waals surface area contributed by atoms with Crippen molar-refractivity contribution in [3.05, 3.63) is 57.5 Å². The molecule has 18 heavy (non-hydrogen) atoms. The smallest absolute Gasteiger partial charge is 0.124 e. The average molecular weight is 260 g/mol. The first-order chi connectivity index (χ1) is 8.69. The number of halogens is 1. The fourth-order valence-corrected chi connectivity index (χ4v) is 2.49. The molecule has 1 atom stereocenters. The van der Waals surface area contributed by atoms with Gasteiger partial charge in [0.15, 0.2) is 0 Å². The zero-order valence-electron chi connectivity index (χ0n) is 9.98. The summed E-state index contributed by atoms with van der Waals surface area (Å²) in [5, 5.41) is 14.1. The molecular weight excluding hydrogens is 247 g/mol. The normalized spacial score (nSPS) is 12.1. The molecule has 0 aliphatic heterocycles. The van der Waals surface area contributed by atoms with Crippen LogP contribution >= 0.6 is 11.3 Å². The highest BCUT2D eigenvalue weighted by molar-refractivity contribution is 7.10. The topological polar surface area (TPSA) is 35.8 Å². The lowest BCUT2D eigenvalue weighted by Crippen LogP contribution is -2.17. The molecule has 0 radical (unpaired) electrons. The van der Waals surface area contributed by atoms with Crippen molar-refractivity contribution >= 4 is 11.3 Å². The Labute approximate surface area is 110 Å². The monoisotopic (exact) mass is 260 g/mol. The molecule has 0 saturated carbocycles. The van der Waals surface area contributed by atoms with Crippen LogP contribution in [0.5, 0.6) is 0 Å². The molecule has 92 valence electrons. The maximum Gasteiger partial charge on any atom is 0.124 e. The van der Waals surface area contributed by atoms with E-state index in [1.165, 1.54) is 17.0 Å². The Bertz CT molecular complexity index is 558. The van der Waals surface area contributed by atoms with E-state index < -0.39 is 0 Å². The van der Waals surface area contributed by atoms with E-state index in [9.17, 15) is 4.39 Å². The van der Waals surface area contributed by atoms with E-state index in [0.717, 1.165) is 5.56 Å². The van der Waals surface area contributed by atoms with Crippen molar-refractivity contribution in [3.8, 4) is 6.07 Å². The summed E-state index contributed by atoms with van der Waals surface area (Å²) in [6, 6.07) is 10.7. The van der Waals surface area contributed by atoms with Gasteiger partial charge in [-0.25, -0.2) is 4.39 Å². The molecule has 1 N–H and O–H groups in total. The van der Waals surface area contributed by atoms with Gasteiger partial charge in [-0.2, -0.15) is 5.26 Å². The van der Waals surface area contributed by atoms with E-state index in [2.05, 4.69) is 18.3 Å². The molecule has 1 unspecified atom stereocenters. The molecule has 2 rings (SSSR count). The summed E-state index contributed by atoms with van der Waals surface area (Å²) in [7, 11) is 0. The molecule has 0 saturated heterocycles. The van der Waals surface area contributed by atoms with Crippen LogP contribution in [0.15, 0.2) is 35.7 Å². The lowest BCUT2D eigenvalue weighted by atomic mass is 10.1. The fraction of sp³-hybridized carbons (Fsp3) is 0.214. The number of rotatable bonds is 4. The minimum Gasteiger partial charge on any atom is -0.305 e. The van der Waals surface area contributed by atoms with Gasteiger partial charge >= 0.3 is 0 Å². The second-order valence-electron chi connectivity index (χ2n) is 4.08. The molecule has 1 heterocycles. The van der Waals surface area contributed by atoms with Crippen molar-refractivity contribution in [2.45, 2.75) is 19.5 Å². The van der Waals surface area contributed by atoms with Crippen molar-refractivity contribution < 1.29 is 4.39 Å². The van der Waals surface area contributed by atoms with Crippen LogP contribution in [0.25, 0.3) is 0 Å². The van der Waals surface area contributed by atoms with Gasteiger partial charge in [-0.15, -0.1) is 11.3 Å². The van der Waals surface area contributed by atoms with Crippen LogP contribution in [0.3, 0.4) is 0 Å². The first-order valence-electron chi connectivity index (χ1n) is 5.65. The molecule has 0 spiro atoms. The minimum absolute atomic E-state index is 0.221. The number of nitriles is 1. The van der Waals surface area contributed by atoms with Crippen LogP contribution in [-0.4, -0.2) is 0 Å². The van der Waals surface area contributed by atoms with Gasteiger partial charge in [0.05, 0.1) is 11.6 Å². The van der Waals surface area contributed by atoms with E-state index in [1.807, 2.05) is 17.5 Å². The summed E-state index contributed by atoms with van der Waals surface area (Å²) in [5.41, 5.74) is 1.14. The van der Waals surface area contributed by atoms with Crippen molar-refractivity contribution in [2.75, 3.05) is 0 Å². The zero-order chi connectivity index (χ0) is 13.0. The van der Waals surface area contributed by atoms with E-state index in [1.54, 1.807) is 17.4 Å². The van der Waals surface area contributed by atoms with E-state index in [0.29, 0.717) is 12.1 Å². The number of nitrogens with zero attached hydrogens (tertiary/aromatic N) is 1. The van der Waals surface area contributed by atoms with Crippen molar-refractivity contribution in [3.63, 3.8) is 0 Å². The number of hydrogen-bond acceptors (Lipinski definition) is 3. The number of nitrogens with one attached hydrogen (secondary N) is 1. The second-order valence-corrected chi connectivity index (χ2v) is 5.06. The summed E-state index contributed by atoms with van der Waals surface area (Å²) in [6.07, 6.45) is 0. The highest BCUT2D eigenvalue weighted by Gasteiger charge is 2.06. The molecule has 4 heteroatoms. The van der Waals surface area contributed by atoms with Gasteiger partial charge < -0.3 is 5.32 Å². The van der Waals surface area contributed by atoms with Crippen molar-refractivity contribution in [1.29, 1.82) is 5.26 Å². The SMILES string of the molecule is CC(NCc1cc(F)cc(C#N)c1)c1cccs1. The second kappa shape index (κ2) is 5.76. The number of thiophene rings is 1. The lowest BCUT2D eigenvalue weighted by molar-refractivity contribution is 0.576. The zero-order valence-corrected chi connectivity index (χ0v) is 10.8. The van der Waals surface area contributed by atoms with Crippen LogP contribution in [-0.2, 0) is 6.54 Å². The summed E-state index contributed by atoms with van der Waals surface area (Å²) < 4.78 is 13.2. The lowest BCUT2D eigenvalue weighted by Gasteiger charge is -2.12. The largest absolute Gasteiger partial charge is 0.305 e. The molecule has 0 aliphatic rings. The predicted molar refractivity (Wildman–Crippen MR) is 70.7 cm³/mol. The van der Waals surface area contributed by atoms with E-state index in [-0.39, 0.29) is 11.9 Å². The Morgan fingerprint density at radius 2 is 2.28 bits per heavy atom. The first kappa shape index (κ1) is 12.7. The van der Waals surface area contributed by atoms with Crippen LogP contribution < -0.4 is 5.32 Å². The standard InChI is InChI=1S/C14H13FN2S/c1-10(14-3-2-4-18-14)17-9-12-5-11(8-16)6-13(15)7-12/h2-7,10,17H,9H2,1H3. The third-order valence-electron chi connectivity index (χ3n) is 2.67. The summed E-state index contributed by atoms with van der Waals surface area (Å²) >= 11 is 1.69.